The minimum absolute atomic E-state index is 0.870. The topological polar surface area (TPSA) is 76.7 Å². The van der Waals surface area contributed by atoms with E-state index in [0.717, 1.165) is 12.9 Å². The van der Waals surface area contributed by atoms with E-state index in [1.165, 1.54) is 10.9 Å². The fourth-order valence-corrected chi connectivity index (χ4v) is 1.47. The molecule has 0 amide bonds. The van der Waals surface area contributed by atoms with E-state index in [9.17, 15) is 8.42 Å². The Morgan fingerprint density at radius 1 is 1.21 bits per heavy atom. The molecule has 0 aliphatic heterocycles. The molecule has 1 aromatic heterocycles. The van der Waals surface area contributed by atoms with Crippen molar-refractivity contribution in [2.45, 2.75) is 0 Å². The molecule has 0 unspecified atom stereocenters. The molecular weight excluding hydrogens is 270 g/mol. The fraction of sp³-hybridized carbons (Fsp3) is 0.250. The number of ether oxygens (including phenoxy) is 1. The number of aryl methyl sites for hydroxylation is 1. The number of pyridine rings is 1. The van der Waals surface area contributed by atoms with Gasteiger partial charge in [0.2, 0.25) is 5.52 Å². The maximum Gasteiger partial charge on any atom is 0.397 e. The molecule has 0 bridgehead atoms. The number of benzene rings is 1. The van der Waals surface area contributed by atoms with Crippen LogP contribution in [0, 0.1) is 0 Å². The molecule has 6 nitrogen and oxygen atoms in total. The summed E-state index contributed by atoms with van der Waals surface area (Å²) >= 11 is 0. The lowest BCUT2D eigenvalue weighted by Gasteiger charge is -2.00. The van der Waals surface area contributed by atoms with Crippen molar-refractivity contribution in [2.75, 3.05) is 14.2 Å². The average molecular weight is 286 g/mol. The maximum atomic E-state index is 9.33. The third-order valence-corrected chi connectivity index (χ3v) is 2.83. The van der Waals surface area contributed by atoms with E-state index in [2.05, 4.69) is 20.9 Å². The molecule has 19 heavy (non-hydrogen) atoms. The molecule has 0 spiro atoms. The molecule has 2 aromatic rings. The van der Waals surface area contributed by atoms with Crippen molar-refractivity contribution in [3.05, 3.63) is 36.5 Å². The van der Waals surface area contributed by atoms with Crippen LogP contribution < -0.4 is 9.30 Å². The van der Waals surface area contributed by atoms with Crippen LogP contribution in [0.1, 0.15) is 0 Å². The first kappa shape index (κ1) is 15.4. The van der Waals surface area contributed by atoms with Crippen LogP contribution in [0.25, 0.3) is 10.9 Å². The van der Waals surface area contributed by atoms with Gasteiger partial charge in [0.05, 0.1) is 19.6 Å². The third kappa shape index (κ3) is 4.82. The highest BCUT2D eigenvalue weighted by Gasteiger charge is 2.03. The van der Waals surface area contributed by atoms with Gasteiger partial charge in [-0.15, -0.1) is 0 Å². The summed E-state index contributed by atoms with van der Waals surface area (Å²) in [4.78, 5) is 0. The summed E-state index contributed by atoms with van der Waals surface area (Å²) in [5.74, 6) is 0.902. The first-order valence-corrected chi connectivity index (χ1v) is 6.69. The molecule has 1 N–H and O–H groups in total. The standard InChI is InChI=1S/C11H12NO.CH4O4S/c1-12-7-3-4-9-8-10(13-2)5-6-11(9)12;1-5-6(2,3)4/h3-8H,1-2H3;1H3,(H,2,3,4)/q+1;. The van der Waals surface area contributed by atoms with E-state index in [0.29, 0.717) is 0 Å². The summed E-state index contributed by atoms with van der Waals surface area (Å²) in [7, 11) is 0.429. The number of hydrogen-bond donors (Lipinski definition) is 1. The van der Waals surface area contributed by atoms with Crippen LogP contribution in [0.3, 0.4) is 0 Å². The Bertz CT molecular complexity index is 654. The van der Waals surface area contributed by atoms with E-state index in [4.69, 9.17) is 9.29 Å². The minimum atomic E-state index is -4.16. The van der Waals surface area contributed by atoms with Crippen LogP contribution in [0.5, 0.6) is 5.75 Å². The third-order valence-electron chi connectivity index (χ3n) is 2.41. The molecular formula is C12H16NO5S+. The molecule has 7 heteroatoms. The van der Waals surface area contributed by atoms with Gasteiger partial charge in [0, 0.05) is 12.1 Å². The van der Waals surface area contributed by atoms with Crippen molar-refractivity contribution >= 4 is 21.3 Å². The Morgan fingerprint density at radius 3 is 2.37 bits per heavy atom. The minimum Gasteiger partial charge on any atom is -0.497 e. The molecule has 0 aliphatic rings. The van der Waals surface area contributed by atoms with Crippen LogP contribution in [0.15, 0.2) is 36.5 Å². The van der Waals surface area contributed by atoms with Crippen LogP contribution >= 0.6 is 0 Å². The van der Waals surface area contributed by atoms with Crippen LogP contribution in [-0.2, 0) is 21.6 Å². The summed E-state index contributed by atoms with van der Waals surface area (Å²) in [6.07, 6.45) is 2.04. The molecule has 1 aromatic carbocycles. The van der Waals surface area contributed by atoms with Gasteiger partial charge in [-0.25, -0.2) is 4.57 Å². The largest absolute Gasteiger partial charge is 0.497 e. The molecule has 2 rings (SSSR count). The highest BCUT2D eigenvalue weighted by atomic mass is 32.3. The SMILES string of the molecule is COS(=O)(=O)O.COc1ccc2c(ccc[n+]2C)c1. The summed E-state index contributed by atoms with van der Waals surface area (Å²) < 4.78 is 37.0. The van der Waals surface area contributed by atoms with Crippen molar-refractivity contribution < 1.29 is 26.5 Å². The van der Waals surface area contributed by atoms with Crippen molar-refractivity contribution in [1.82, 2.24) is 0 Å². The predicted octanol–water partition coefficient (Wildman–Crippen LogP) is 1.11. The number of rotatable bonds is 2. The monoisotopic (exact) mass is 286 g/mol. The second-order valence-electron chi connectivity index (χ2n) is 3.64. The Labute approximate surface area is 112 Å². The number of nitrogens with zero attached hydrogens (tertiary/aromatic N) is 1. The van der Waals surface area contributed by atoms with Crippen molar-refractivity contribution in [1.29, 1.82) is 0 Å². The molecule has 0 saturated heterocycles. The van der Waals surface area contributed by atoms with Crippen LogP contribution in [-0.4, -0.2) is 27.2 Å². The lowest BCUT2D eigenvalue weighted by molar-refractivity contribution is -0.644. The zero-order chi connectivity index (χ0) is 14.5. The normalized spacial score (nSPS) is 10.7. The highest BCUT2D eigenvalue weighted by molar-refractivity contribution is 7.80. The van der Waals surface area contributed by atoms with Gasteiger partial charge in [0.25, 0.3) is 0 Å². The van der Waals surface area contributed by atoms with Crippen molar-refractivity contribution in [2.24, 2.45) is 7.05 Å². The summed E-state index contributed by atoms with van der Waals surface area (Å²) in [5.41, 5.74) is 1.21. The Balaban J connectivity index is 0.000000258. The Kier molecular flexibility index (Phi) is 5.22. The second kappa shape index (κ2) is 6.46. The molecule has 0 fully saturated rings. The lowest BCUT2D eigenvalue weighted by Crippen LogP contribution is -2.27. The number of fused-ring (bicyclic) bond motifs is 1. The highest BCUT2D eigenvalue weighted by Crippen LogP contribution is 2.17. The first-order chi connectivity index (χ1) is 8.87. The van der Waals surface area contributed by atoms with Gasteiger partial charge >= 0.3 is 10.4 Å². The zero-order valence-electron chi connectivity index (χ0n) is 10.9. The van der Waals surface area contributed by atoms with Crippen molar-refractivity contribution in [3.63, 3.8) is 0 Å². The average Bonchev–Trinajstić information content (AvgIpc) is 2.38. The van der Waals surface area contributed by atoms with E-state index in [-0.39, 0.29) is 0 Å². The van der Waals surface area contributed by atoms with E-state index >= 15 is 0 Å². The molecule has 0 atom stereocenters. The smallest absolute Gasteiger partial charge is 0.397 e. The second-order valence-corrected chi connectivity index (χ2v) is 4.83. The van der Waals surface area contributed by atoms with Crippen LogP contribution in [0.4, 0.5) is 0 Å². The van der Waals surface area contributed by atoms with Crippen LogP contribution in [0.2, 0.25) is 0 Å². The predicted molar refractivity (Wildman–Crippen MR) is 70.2 cm³/mol. The van der Waals surface area contributed by atoms with Gasteiger partial charge < -0.3 is 4.74 Å². The van der Waals surface area contributed by atoms with Gasteiger partial charge in [0.1, 0.15) is 12.8 Å². The first-order valence-electron chi connectivity index (χ1n) is 5.33. The molecule has 0 aliphatic carbocycles. The van der Waals surface area contributed by atoms with Gasteiger partial charge in [-0.1, -0.05) is 0 Å². The molecule has 1 heterocycles. The number of aromatic nitrogens is 1. The Morgan fingerprint density at radius 2 is 1.84 bits per heavy atom. The van der Waals surface area contributed by atoms with Gasteiger partial charge in [-0.2, -0.15) is 8.42 Å². The van der Waals surface area contributed by atoms with Gasteiger partial charge in [-0.05, 0) is 18.2 Å². The molecule has 104 valence electrons. The summed E-state index contributed by atoms with van der Waals surface area (Å²) in [5, 5.41) is 1.20. The number of methoxy groups -OCH3 is 1. The maximum absolute atomic E-state index is 9.33. The van der Waals surface area contributed by atoms with Gasteiger partial charge in [0.15, 0.2) is 6.20 Å². The molecule has 0 saturated carbocycles. The van der Waals surface area contributed by atoms with E-state index in [1.54, 1.807) is 7.11 Å². The lowest BCUT2D eigenvalue weighted by atomic mass is 10.2. The fourth-order valence-electron chi connectivity index (χ4n) is 1.47. The molecule has 0 radical (unpaired) electrons. The van der Waals surface area contributed by atoms with Crippen molar-refractivity contribution in [3.8, 4) is 5.75 Å². The number of hydrogen-bond acceptors (Lipinski definition) is 4. The Hall–Kier alpha value is -1.70. The quantitative estimate of drug-likeness (QED) is 0.661. The zero-order valence-corrected chi connectivity index (χ0v) is 11.7. The van der Waals surface area contributed by atoms with E-state index < -0.39 is 10.4 Å². The van der Waals surface area contributed by atoms with Gasteiger partial charge in [-0.3, -0.25) is 8.74 Å². The van der Waals surface area contributed by atoms with E-state index in [1.807, 2.05) is 31.4 Å². The summed E-state index contributed by atoms with van der Waals surface area (Å²) in [6, 6.07) is 10.2. The summed E-state index contributed by atoms with van der Waals surface area (Å²) in [6.45, 7) is 0.